The molecule has 0 fully saturated rings. The van der Waals surface area contributed by atoms with Gasteiger partial charge in [-0.25, -0.2) is 18.8 Å². The molecule has 0 radical (unpaired) electrons. The zero-order valence-electron chi connectivity index (χ0n) is 15.2. The zero-order chi connectivity index (χ0) is 21.1. The van der Waals surface area contributed by atoms with Gasteiger partial charge < -0.3 is 15.2 Å². The Morgan fingerprint density at radius 1 is 1.21 bits per heavy atom. The van der Waals surface area contributed by atoms with Crippen molar-refractivity contribution in [3.05, 3.63) is 75.7 Å². The van der Waals surface area contributed by atoms with Crippen molar-refractivity contribution in [3.8, 4) is 0 Å². The number of carbonyl (C=O) groups is 3. The normalized spacial score (nSPS) is 16.4. The zero-order valence-corrected chi connectivity index (χ0v) is 16.8. The number of rotatable bonds is 5. The Labute approximate surface area is 173 Å². The molecule has 1 heterocycles. The summed E-state index contributed by atoms with van der Waals surface area (Å²) in [5, 5.41) is 12.4. The highest BCUT2D eigenvalue weighted by atomic mass is 79.9. The van der Waals surface area contributed by atoms with Crippen LogP contribution in [0.5, 0.6) is 0 Å². The van der Waals surface area contributed by atoms with E-state index >= 15 is 0 Å². The first-order chi connectivity index (χ1) is 13.8. The lowest BCUT2D eigenvalue weighted by atomic mass is 9.93. The van der Waals surface area contributed by atoms with Crippen LogP contribution in [0.25, 0.3) is 0 Å². The monoisotopic (exact) mass is 462 g/mol. The van der Waals surface area contributed by atoms with E-state index in [2.05, 4.69) is 21.2 Å². The van der Waals surface area contributed by atoms with Crippen LogP contribution in [0, 0.1) is 5.82 Å². The highest BCUT2D eigenvalue weighted by molar-refractivity contribution is 9.10. The number of carbonyl (C=O) groups excluding carboxylic acids is 2. The number of ether oxygens (including phenoxy) is 1. The maximum atomic E-state index is 14.4. The SMILES string of the molecule is CCOC(=O)C1=C(C(=O)O)C(c2ccccc2F)NC(=O)N1c1ccc(Br)cc1. The number of carboxylic acid groups (broad SMARTS) is 1. The fraction of sp³-hybridized carbons (Fsp3) is 0.150. The highest BCUT2D eigenvalue weighted by Gasteiger charge is 2.42. The molecule has 7 nitrogen and oxygen atoms in total. The second-order valence-corrected chi connectivity index (χ2v) is 6.92. The molecule has 3 rings (SSSR count). The number of hydrogen-bond donors (Lipinski definition) is 2. The number of halogens is 2. The van der Waals surface area contributed by atoms with E-state index in [1.165, 1.54) is 30.3 Å². The third-order valence-corrected chi connectivity index (χ3v) is 4.77. The third-order valence-electron chi connectivity index (χ3n) is 4.24. The molecule has 0 aromatic heterocycles. The van der Waals surface area contributed by atoms with E-state index < -0.39 is 41.1 Å². The molecule has 0 bridgehead atoms. The van der Waals surface area contributed by atoms with Gasteiger partial charge in [0.25, 0.3) is 0 Å². The quantitative estimate of drug-likeness (QED) is 0.659. The molecular weight excluding hydrogens is 447 g/mol. The summed E-state index contributed by atoms with van der Waals surface area (Å²) in [7, 11) is 0. The van der Waals surface area contributed by atoms with Crippen LogP contribution in [0.1, 0.15) is 18.5 Å². The van der Waals surface area contributed by atoms with E-state index in [-0.39, 0.29) is 17.9 Å². The number of nitrogens with one attached hydrogen (secondary N) is 1. The Balaban J connectivity index is 2.27. The van der Waals surface area contributed by atoms with Crippen molar-refractivity contribution >= 4 is 39.6 Å². The molecule has 0 saturated heterocycles. The van der Waals surface area contributed by atoms with E-state index in [1.54, 1.807) is 19.1 Å². The number of benzene rings is 2. The molecule has 1 atom stereocenters. The maximum Gasteiger partial charge on any atom is 0.356 e. The first-order valence-electron chi connectivity index (χ1n) is 8.60. The fourth-order valence-electron chi connectivity index (χ4n) is 3.02. The number of urea groups is 1. The number of esters is 1. The van der Waals surface area contributed by atoms with Crippen molar-refractivity contribution in [1.29, 1.82) is 0 Å². The Bertz CT molecular complexity index is 1010. The second kappa shape index (κ2) is 8.44. The topological polar surface area (TPSA) is 95.9 Å². The molecule has 0 saturated carbocycles. The molecule has 2 N–H and O–H groups in total. The first kappa shape index (κ1) is 20.5. The minimum absolute atomic E-state index is 0.0323. The van der Waals surface area contributed by atoms with Gasteiger partial charge in [0.05, 0.1) is 23.9 Å². The summed E-state index contributed by atoms with van der Waals surface area (Å²) < 4.78 is 20.1. The number of carboxylic acids is 1. The van der Waals surface area contributed by atoms with Crippen LogP contribution in [0.3, 0.4) is 0 Å². The lowest BCUT2D eigenvalue weighted by Gasteiger charge is -2.35. The average Bonchev–Trinajstić information content (AvgIpc) is 2.68. The van der Waals surface area contributed by atoms with Gasteiger partial charge in [-0.2, -0.15) is 0 Å². The minimum Gasteiger partial charge on any atom is -0.478 e. The van der Waals surface area contributed by atoms with E-state index in [0.29, 0.717) is 0 Å². The molecule has 1 unspecified atom stereocenters. The van der Waals surface area contributed by atoms with Gasteiger partial charge in [-0.3, -0.25) is 4.90 Å². The van der Waals surface area contributed by atoms with Crippen molar-refractivity contribution in [2.75, 3.05) is 11.5 Å². The van der Waals surface area contributed by atoms with Crippen LogP contribution in [-0.2, 0) is 14.3 Å². The highest BCUT2D eigenvalue weighted by Crippen LogP contribution is 2.35. The van der Waals surface area contributed by atoms with E-state index in [4.69, 9.17) is 4.74 Å². The molecule has 0 aliphatic carbocycles. The van der Waals surface area contributed by atoms with E-state index in [1.807, 2.05) is 0 Å². The summed E-state index contributed by atoms with van der Waals surface area (Å²) in [6, 6.07) is 9.62. The molecule has 29 heavy (non-hydrogen) atoms. The molecular formula is C20H16BrFN2O5. The van der Waals surface area contributed by atoms with Crippen LogP contribution < -0.4 is 10.2 Å². The van der Waals surface area contributed by atoms with Crippen molar-refractivity contribution in [3.63, 3.8) is 0 Å². The Morgan fingerprint density at radius 2 is 1.86 bits per heavy atom. The van der Waals surface area contributed by atoms with E-state index in [0.717, 1.165) is 15.4 Å². The minimum atomic E-state index is -1.48. The second-order valence-electron chi connectivity index (χ2n) is 6.00. The molecule has 2 aromatic carbocycles. The van der Waals surface area contributed by atoms with Crippen LogP contribution in [0.4, 0.5) is 14.9 Å². The van der Waals surface area contributed by atoms with Crippen LogP contribution in [0.15, 0.2) is 64.3 Å². The maximum absolute atomic E-state index is 14.4. The van der Waals surface area contributed by atoms with Crippen molar-refractivity contribution in [2.24, 2.45) is 0 Å². The largest absolute Gasteiger partial charge is 0.478 e. The van der Waals surface area contributed by atoms with Gasteiger partial charge in [-0.1, -0.05) is 34.1 Å². The van der Waals surface area contributed by atoms with Gasteiger partial charge in [0.2, 0.25) is 0 Å². The standard InChI is InChI=1S/C20H16BrFN2O5/c1-2-29-19(27)17-15(18(25)26)16(13-5-3-4-6-14(13)22)23-20(28)24(17)12-9-7-11(21)8-10-12/h3-10,16H,2H2,1H3,(H,23,28)(H,25,26). The van der Waals surface area contributed by atoms with Gasteiger partial charge in [0.1, 0.15) is 11.5 Å². The number of amides is 2. The molecule has 0 spiro atoms. The van der Waals surface area contributed by atoms with E-state index in [9.17, 15) is 23.9 Å². The lowest BCUT2D eigenvalue weighted by molar-refractivity contribution is -0.140. The lowest BCUT2D eigenvalue weighted by Crippen LogP contribution is -2.51. The summed E-state index contributed by atoms with van der Waals surface area (Å²) in [6.07, 6.45) is 0. The molecule has 2 amide bonds. The van der Waals surface area contributed by atoms with Gasteiger partial charge in [0.15, 0.2) is 0 Å². The number of aliphatic carboxylic acids is 1. The predicted molar refractivity (Wildman–Crippen MR) is 106 cm³/mol. The number of hydrogen-bond acceptors (Lipinski definition) is 4. The molecule has 150 valence electrons. The first-order valence-corrected chi connectivity index (χ1v) is 9.39. The smallest absolute Gasteiger partial charge is 0.356 e. The van der Waals surface area contributed by atoms with Crippen molar-refractivity contribution < 1.29 is 28.6 Å². The van der Waals surface area contributed by atoms with Gasteiger partial charge >= 0.3 is 18.0 Å². The van der Waals surface area contributed by atoms with Crippen LogP contribution in [-0.4, -0.2) is 29.7 Å². The predicted octanol–water partition coefficient (Wildman–Crippen LogP) is 3.76. The van der Waals surface area contributed by atoms with Gasteiger partial charge in [-0.05, 0) is 37.3 Å². The van der Waals surface area contributed by atoms with Crippen molar-refractivity contribution in [2.45, 2.75) is 13.0 Å². The van der Waals surface area contributed by atoms with Crippen LogP contribution >= 0.6 is 15.9 Å². The Kier molecular flexibility index (Phi) is 5.97. The Hall–Kier alpha value is -3.20. The summed E-state index contributed by atoms with van der Waals surface area (Å²) in [4.78, 5) is 38.7. The fourth-order valence-corrected chi connectivity index (χ4v) is 3.29. The molecule has 9 heteroatoms. The summed E-state index contributed by atoms with van der Waals surface area (Å²) >= 11 is 3.28. The summed E-state index contributed by atoms with van der Waals surface area (Å²) in [5.74, 6) is -3.19. The number of anilines is 1. The van der Waals surface area contributed by atoms with Crippen LogP contribution in [0.2, 0.25) is 0 Å². The van der Waals surface area contributed by atoms with Crippen molar-refractivity contribution in [1.82, 2.24) is 5.32 Å². The molecule has 1 aliphatic rings. The van der Waals surface area contributed by atoms with Gasteiger partial charge in [-0.15, -0.1) is 0 Å². The summed E-state index contributed by atoms with van der Waals surface area (Å²) in [6.45, 7) is 1.52. The third kappa shape index (κ3) is 4.00. The average molecular weight is 463 g/mol. The number of nitrogens with zero attached hydrogens (tertiary/aromatic N) is 1. The molecule has 2 aromatic rings. The summed E-state index contributed by atoms with van der Waals surface area (Å²) in [5.41, 5.74) is -0.787. The van der Waals surface area contributed by atoms with Gasteiger partial charge in [0, 0.05) is 10.0 Å². The molecule has 1 aliphatic heterocycles. The Morgan fingerprint density at radius 3 is 2.45 bits per heavy atom.